The lowest BCUT2D eigenvalue weighted by Crippen LogP contribution is -2.21. The lowest BCUT2D eigenvalue weighted by atomic mass is 10.1. The molecule has 0 saturated carbocycles. The summed E-state index contributed by atoms with van der Waals surface area (Å²) in [7, 11) is 0. The van der Waals surface area contributed by atoms with Gasteiger partial charge in [0, 0.05) is 15.8 Å². The number of hydrogen-bond donors (Lipinski definition) is 1. The summed E-state index contributed by atoms with van der Waals surface area (Å²) in [5.41, 5.74) is 1.43. The van der Waals surface area contributed by atoms with Crippen molar-refractivity contribution in [1.82, 2.24) is 5.32 Å². The van der Waals surface area contributed by atoms with Gasteiger partial charge in [0.15, 0.2) is 0 Å². The van der Waals surface area contributed by atoms with Crippen LogP contribution in [-0.4, -0.2) is 6.54 Å². The minimum atomic E-state index is 0.471. The molecule has 1 unspecified atom stereocenters. The summed E-state index contributed by atoms with van der Waals surface area (Å²) in [6.45, 7) is 5.36. The molecule has 2 aromatic heterocycles. The van der Waals surface area contributed by atoms with E-state index in [0.29, 0.717) is 6.04 Å². The van der Waals surface area contributed by atoms with E-state index in [9.17, 15) is 0 Å². The molecule has 0 bridgehead atoms. The Labute approximate surface area is 105 Å². The van der Waals surface area contributed by atoms with Crippen LogP contribution < -0.4 is 5.32 Å². The first-order valence-electron chi connectivity index (χ1n) is 5.60. The van der Waals surface area contributed by atoms with Gasteiger partial charge in [-0.3, -0.25) is 0 Å². The number of thiophene rings is 2. The Hall–Kier alpha value is -0.640. The summed E-state index contributed by atoms with van der Waals surface area (Å²) in [6.07, 6.45) is 1.09. The van der Waals surface area contributed by atoms with Crippen molar-refractivity contribution in [2.75, 3.05) is 6.54 Å². The third-order valence-corrected chi connectivity index (χ3v) is 4.42. The zero-order valence-electron chi connectivity index (χ0n) is 9.69. The molecule has 1 nitrogen and oxygen atoms in total. The van der Waals surface area contributed by atoms with Crippen LogP contribution >= 0.6 is 22.7 Å². The van der Waals surface area contributed by atoms with Crippen LogP contribution in [0, 0.1) is 6.92 Å². The topological polar surface area (TPSA) is 12.0 Å². The van der Waals surface area contributed by atoms with E-state index < -0.39 is 0 Å². The van der Waals surface area contributed by atoms with E-state index in [1.165, 1.54) is 15.3 Å². The summed E-state index contributed by atoms with van der Waals surface area (Å²) < 4.78 is 0. The van der Waals surface area contributed by atoms with Gasteiger partial charge in [0.2, 0.25) is 0 Å². The summed E-state index contributed by atoms with van der Waals surface area (Å²) >= 11 is 3.67. The van der Waals surface area contributed by atoms with Crippen LogP contribution in [0.25, 0.3) is 0 Å². The van der Waals surface area contributed by atoms with Gasteiger partial charge < -0.3 is 5.32 Å². The predicted octanol–water partition coefficient (Wildman–Crippen LogP) is 4.01. The minimum Gasteiger partial charge on any atom is -0.309 e. The zero-order valence-corrected chi connectivity index (χ0v) is 11.3. The van der Waals surface area contributed by atoms with Crippen molar-refractivity contribution in [2.45, 2.75) is 26.3 Å². The molecule has 86 valence electrons. The van der Waals surface area contributed by atoms with E-state index >= 15 is 0 Å². The number of likely N-dealkylation sites (N-methyl/N-ethyl adjacent to an activating group) is 1. The summed E-state index contributed by atoms with van der Waals surface area (Å²) in [6, 6.07) is 7.14. The van der Waals surface area contributed by atoms with Crippen molar-refractivity contribution in [3.05, 3.63) is 44.3 Å². The monoisotopic (exact) mass is 251 g/mol. The maximum atomic E-state index is 3.57. The van der Waals surface area contributed by atoms with Crippen LogP contribution in [0.15, 0.2) is 29.0 Å². The normalized spacial score (nSPS) is 12.9. The fourth-order valence-corrected chi connectivity index (χ4v) is 3.44. The average Bonchev–Trinajstić information content (AvgIpc) is 2.88. The third-order valence-electron chi connectivity index (χ3n) is 2.58. The van der Waals surface area contributed by atoms with Crippen molar-refractivity contribution >= 4 is 22.7 Å². The molecule has 0 fully saturated rings. The molecule has 2 rings (SSSR count). The molecule has 0 amide bonds. The van der Waals surface area contributed by atoms with Crippen molar-refractivity contribution in [1.29, 1.82) is 0 Å². The molecule has 3 heteroatoms. The highest BCUT2D eigenvalue weighted by Gasteiger charge is 2.12. The SMILES string of the molecule is CCNC(Cc1ccsc1)c1ccc(C)s1. The molecule has 2 aromatic rings. The van der Waals surface area contributed by atoms with E-state index in [0.717, 1.165) is 13.0 Å². The standard InChI is InChI=1S/C13H17NS2/c1-3-14-12(8-11-6-7-15-9-11)13-5-4-10(2)16-13/h4-7,9,12,14H,3,8H2,1-2H3. The van der Waals surface area contributed by atoms with Gasteiger partial charge in [-0.15, -0.1) is 11.3 Å². The molecular formula is C13H17NS2. The number of nitrogens with one attached hydrogen (secondary N) is 1. The van der Waals surface area contributed by atoms with Gasteiger partial charge in [-0.1, -0.05) is 6.92 Å². The highest BCUT2D eigenvalue weighted by atomic mass is 32.1. The van der Waals surface area contributed by atoms with E-state index in [4.69, 9.17) is 0 Å². The van der Waals surface area contributed by atoms with Gasteiger partial charge in [-0.05, 0) is 54.4 Å². The molecule has 0 spiro atoms. The van der Waals surface area contributed by atoms with E-state index in [-0.39, 0.29) is 0 Å². The fraction of sp³-hybridized carbons (Fsp3) is 0.385. The fourth-order valence-electron chi connectivity index (χ4n) is 1.80. The minimum absolute atomic E-state index is 0.471. The Kier molecular flexibility index (Phi) is 4.16. The number of hydrogen-bond acceptors (Lipinski definition) is 3. The maximum absolute atomic E-state index is 3.57. The third kappa shape index (κ3) is 2.94. The van der Waals surface area contributed by atoms with Crippen LogP contribution in [-0.2, 0) is 6.42 Å². The molecule has 0 saturated heterocycles. The Morgan fingerprint density at radius 3 is 2.75 bits per heavy atom. The summed E-state index contributed by atoms with van der Waals surface area (Å²) in [5.74, 6) is 0. The largest absolute Gasteiger partial charge is 0.309 e. The first kappa shape index (κ1) is 11.8. The molecule has 0 aromatic carbocycles. The molecular weight excluding hydrogens is 234 g/mol. The first-order chi connectivity index (χ1) is 7.79. The summed E-state index contributed by atoms with van der Waals surface area (Å²) in [4.78, 5) is 2.84. The zero-order chi connectivity index (χ0) is 11.4. The van der Waals surface area contributed by atoms with Crippen molar-refractivity contribution in [2.24, 2.45) is 0 Å². The van der Waals surface area contributed by atoms with Crippen LogP contribution in [0.2, 0.25) is 0 Å². The van der Waals surface area contributed by atoms with Gasteiger partial charge in [0.05, 0.1) is 0 Å². The van der Waals surface area contributed by atoms with Crippen LogP contribution in [0.1, 0.15) is 28.3 Å². The Morgan fingerprint density at radius 1 is 1.31 bits per heavy atom. The number of rotatable bonds is 5. The van der Waals surface area contributed by atoms with Gasteiger partial charge in [-0.2, -0.15) is 11.3 Å². The second-order valence-electron chi connectivity index (χ2n) is 3.89. The molecule has 1 N–H and O–H groups in total. The molecule has 1 atom stereocenters. The Morgan fingerprint density at radius 2 is 2.19 bits per heavy atom. The first-order valence-corrected chi connectivity index (χ1v) is 7.36. The van der Waals surface area contributed by atoms with Crippen LogP contribution in [0.4, 0.5) is 0 Å². The van der Waals surface area contributed by atoms with E-state index in [2.05, 4.69) is 48.1 Å². The highest BCUT2D eigenvalue weighted by molar-refractivity contribution is 7.12. The summed E-state index contributed by atoms with van der Waals surface area (Å²) in [5, 5.41) is 7.96. The lowest BCUT2D eigenvalue weighted by molar-refractivity contribution is 0.559. The number of aryl methyl sites for hydroxylation is 1. The van der Waals surface area contributed by atoms with Gasteiger partial charge >= 0.3 is 0 Å². The molecule has 0 aliphatic heterocycles. The second-order valence-corrected chi connectivity index (χ2v) is 5.99. The van der Waals surface area contributed by atoms with Gasteiger partial charge in [-0.25, -0.2) is 0 Å². The maximum Gasteiger partial charge on any atom is 0.0455 e. The van der Waals surface area contributed by atoms with E-state index in [1.54, 1.807) is 11.3 Å². The Bertz CT molecular complexity index is 417. The van der Waals surface area contributed by atoms with Crippen molar-refractivity contribution < 1.29 is 0 Å². The van der Waals surface area contributed by atoms with Gasteiger partial charge in [0.25, 0.3) is 0 Å². The molecule has 16 heavy (non-hydrogen) atoms. The second kappa shape index (κ2) is 5.62. The lowest BCUT2D eigenvalue weighted by Gasteiger charge is -2.15. The van der Waals surface area contributed by atoms with Crippen LogP contribution in [0.3, 0.4) is 0 Å². The van der Waals surface area contributed by atoms with E-state index in [1.807, 2.05) is 11.3 Å². The molecule has 0 aliphatic carbocycles. The molecule has 2 heterocycles. The highest BCUT2D eigenvalue weighted by Crippen LogP contribution is 2.26. The Balaban J connectivity index is 2.11. The molecule has 0 radical (unpaired) electrons. The average molecular weight is 251 g/mol. The smallest absolute Gasteiger partial charge is 0.0455 e. The molecule has 0 aliphatic rings. The van der Waals surface area contributed by atoms with Crippen molar-refractivity contribution in [3.63, 3.8) is 0 Å². The van der Waals surface area contributed by atoms with Gasteiger partial charge in [0.1, 0.15) is 0 Å². The van der Waals surface area contributed by atoms with Crippen molar-refractivity contribution in [3.8, 4) is 0 Å². The predicted molar refractivity (Wildman–Crippen MR) is 73.5 cm³/mol. The van der Waals surface area contributed by atoms with Crippen LogP contribution in [0.5, 0.6) is 0 Å². The quantitative estimate of drug-likeness (QED) is 0.846.